The molecule has 0 spiro atoms. The number of ketones is 1. The van der Waals surface area contributed by atoms with Gasteiger partial charge in [-0.1, -0.05) is 30.3 Å². The van der Waals surface area contributed by atoms with Crippen LogP contribution in [0.25, 0.3) is 0 Å². The molecule has 4 saturated carbocycles. The summed E-state index contributed by atoms with van der Waals surface area (Å²) >= 11 is 0. The molecule has 0 radical (unpaired) electrons. The maximum Gasteiger partial charge on any atom is 0.306 e. The SMILES string of the molecule is COc1cccc(CCc2ccccc2OCC(CN(C)C)OC(=O)CCC(=O)CC23CC4CC(CC(C4)C2)C3)c1. The van der Waals surface area contributed by atoms with Crippen LogP contribution in [0.2, 0.25) is 0 Å². The highest BCUT2D eigenvalue weighted by atomic mass is 16.6. The highest BCUT2D eigenvalue weighted by Gasteiger charge is 2.51. The number of hydrogen-bond acceptors (Lipinski definition) is 6. The average Bonchev–Trinajstić information content (AvgIpc) is 2.93. The molecular formula is C35H47NO5. The number of aryl methyl sites for hydroxylation is 2. The Bertz CT molecular complexity index is 1160. The van der Waals surface area contributed by atoms with Gasteiger partial charge in [0.1, 0.15) is 30.0 Å². The molecule has 0 amide bonds. The topological polar surface area (TPSA) is 65.1 Å². The predicted molar refractivity (Wildman–Crippen MR) is 160 cm³/mol. The highest BCUT2D eigenvalue weighted by Crippen LogP contribution is 2.61. The van der Waals surface area contributed by atoms with Gasteiger partial charge in [0, 0.05) is 19.4 Å². The van der Waals surface area contributed by atoms with Gasteiger partial charge in [-0.25, -0.2) is 0 Å². The van der Waals surface area contributed by atoms with Crippen LogP contribution < -0.4 is 9.47 Å². The first-order chi connectivity index (χ1) is 19.8. The largest absolute Gasteiger partial charge is 0.497 e. The minimum absolute atomic E-state index is 0.145. The lowest BCUT2D eigenvalue weighted by Gasteiger charge is -2.56. The molecule has 0 aromatic heterocycles. The first kappa shape index (κ1) is 29.6. The van der Waals surface area contributed by atoms with Crippen molar-refractivity contribution in [3.63, 3.8) is 0 Å². The van der Waals surface area contributed by atoms with E-state index in [1.807, 2.05) is 49.3 Å². The second-order valence-electron chi connectivity index (χ2n) is 13.3. The third-order valence-corrected chi connectivity index (χ3v) is 9.43. The summed E-state index contributed by atoms with van der Waals surface area (Å²) in [5, 5.41) is 0. The summed E-state index contributed by atoms with van der Waals surface area (Å²) in [6, 6.07) is 16.2. The number of rotatable bonds is 15. The third kappa shape index (κ3) is 8.12. The molecule has 41 heavy (non-hydrogen) atoms. The van der Waals surface area contributed by atoms with E-state index < -0.39 is 6.10 Å². The number of methoxy groups -OCH3 is 1. The van der Waals surface area contributed by atoms with Gasteiger partial charge < -0.3 is 19.1 Å². The lowest BCUT2D eigenvalue weighted by atomic mass is 9.48. The molecule has 6 heteroatoms. The van der Waals surface area contributed by atoms with E-state index in [0.29, 0.717) is 13.0 Å². The summed E-state index contributed by atoms with van der Waals surface area (Å²) < 4.78 is 17.4. The summed E-state index contributed by atoms with van der Waals surface area (Å²) in [6.45, 7) is 0.820. The van der Waals surface area contributed by atoms with E-state index in [4.69, 9.17) is 14.2 Å². The molecule has 222 valence electrons. The molecule has 6 nitrogen and oxygen atoms in total. The van der Waals surface area contributed by atoms with Crippen LogP contribution >= 0.6 is 0 Å². The van der Waals surface area contributed by atoms with Crippen molar-refractivity contribution in [1.29, 1.82) is 0 Å². The van der Waals surface area contributed by atoms with Crippen LogP contribution in [0.3, 0.4) is 0 Å². The lowest BCUT2D eigenvalue weighted by molar-refractivity contribution is -0.152. The number of para-hydroxylation sites is 1. The van der Waals surface area contributed by atoms with Crippen molar-refractivity contribution in [2.45, 2.75) is 76.7 Å². The van der Waals surface area contributed by atoms with Gasteiger partial charge in [0.25, 0.3) is 0 Å². The zero-order valence-corrected chi connectivity index (χ0v) is 25.1. The van der Waals surface area contributed by atoms with E-state index in [1.165, 1.54) is 44.1 Å². The van der Waals surface area contributed by atoms with Gasteiger partial charge in [0.05, 0.1) is 13.5 Å². The number of benzene rings is 2. The molecule has 6 rings (SSSR count). The molecule has 4 fully saturated rings. The number of ether oxygens (including phenoxy) is 3. The Kier molecular flexibility index (Phi) is 9.69. The average molecular weight is 562 g/mol. The second-order valence-corrected chi connectivity index (χ2v) is 13.3. The van der Waals surface area contributed by atoms with E-state index in [-0.39, 0.29) is 36.6 Å². The van der Waals surface area contributed by atoms with Crippen molar-refractivity contribution < 1.29 is 23.8 Å². The minimum Gasteiger partial charge on any atom is -0.497 e. The summed E-state index contributed by atoms with van der Waals surface area (Å²) in [6.07, 6.45) is 10.2. The van der Waals surface area contributed by atoms with Gasteiger partial charge in [-0.3, -0.25) is 9.59 Å². The fourth-order valence-electron chi connectivity index (χ4n) is 8.17. The van der Waals surface area contributed by atoms with Crippen LogP contribution in [0.4, 0.5) is 0 Å². The highest BCUT2D eigenvalue weighted by molar-refractivity contribution is 5.83. The Labute approximate surface area is 245 Å². The number of esters is 1. The van der Waals surface area contributed by atoms with Gasteiger partial charge in [-0.15, -0.1) is 0 Å². The molecule has 4 aliphatic carbocycles. The van der Waals surface area contributed by atoms with Gasteiger partial charge >= 0.3 is 5.97 Å². The van der Waals surface area contributed by atoms with Gasteiger partial charge in [0.15, 0.2) is 0 Å². The molecule has 1 atom stereocenters. The molecular weight excluding hydrogens is 514 g/mol. The van der Waals surface area contributed by atoms with Crippen LogP contribution in [-0.4, -0.2) is 57.1 Å². The van der Waals surface area contributed by atoms with Crippen molar-refractivity contribution >= 4 is 11.8 Å². The number of likely N-dealkylation sites (N-methyl/N-ethyl adjacent to an activating group) is 1. The Morgan fingerprint density at radius 3 is 2.32 bits per heavy atom. The second kappa shape index (κ2) is 13.4. The smallest absolute Gasteiger partial charge is 0.306 e. The Balaban J connectivity index is 1.10. The molecule has 0 N–H and O–H groups in total. The van der Waals surface area contributed by atoms with Gasteiger partial charge in [-0.05, 0) is 118 Å². The maximum absolute atomic E-state index is 13.0. The van der Waals surface area contributed by atoms with Crippen molar-refractivity contribution in [2.75, 3.05) is 34.4 Å². The normalized spacial score (nSPS) is 25.2. The molecule has 2 aromatic rings. The number of hydrogen-bond donors (Lipinski definition) is 0. The van der Waals surface area contributed by atoms with E-state index in [1.54, 1.807) is 7.11 Å². The fraction of sp³-hybridized carbons (Fsp3) is 0.600. The molecule has 0 saturated heterocycles. The molecule has 4 bridgehead atoms. The van der Waals surface area contributed by atoms with Crippen LogP contribution in [0.1, 0.15) is 68.9 Å². The summed E-state index contributed by atoms with van der Waals surface area (Å²) in [5.74, 6) is 4.07. The first-order valence-corrected chi connectivity index (χ1v) is 15.5. The van der Waals surface area contributed by atoms with Crippen molar-refractivity contribution in [1.82, 2.24) is 4.90 Å². The number of carbonyl (C=O) groups is 2. The van der Waals surface area contributed by atoms with Crippen LogP contribution in [0.15, 0.2) is 48.5 Å². The first-order valence-electron chi connectivity index (χ1n) is 15.5. The monoisotopic (exact) mass is 561 g/mol. The van der Waals surface area contributed by atoms with E-state index >= 15 is 0 Å². The maximum atomic E-state index is 13.0. The van der Waals surface area contributed by atoms with E-state index in [9.17, 15) is 9.59 Å². The number of Topliss-reactive ketones (excluding diaryl/α,β-unsaturated/α-hetero) is 1. The summed E-state index contributed by atoms with van der Waals surface area (Å²) in [4.78, 5) is 27.8. The van der Waals surface area contributed by atoms with Crippen molar-refractivity contribution in [3.05, 3.63) is 59.7 Å². The standard InChI is InChI=1S/C35H47NO5/c1-36(2)23-32(24-40-33-10-5-4-8-29(33)12-11-25-7-6-9-31(18-25)39-3)41-34(38)14-13-30(37)22-35-19-26-15-27(20-35)17-28(16-26)21-35/h4-10,18,26-28,32H,11-17,19-24H2,1-3H3. The minimum atomic E-state index is -0.415. The van der Waals surface area contributed by atoms with Crippen molar-refractivity contribution in [2.24, 2.45) is 23.2 Å². The molecule has 0 heterocycles. The lowest BCUT2D eigenvalue weighted by Crippen LogP contribution is -2.46. The van der Waals surface area contributed by atoms with Crippen LogP contribution in [0, 0.1) is 23.2 Å². The predicted octanol–water partition coefficient (Wildman–Crippen LogP) is 6.29. The molecule has 2 aromatic carbocycles. The van der Waals surface area contributed by atoms with E-state index in [2.05, 4.69) is 18.2 Å². The zero-order chi connectivity index (χ0) is 28.8. The van der Waals surface area contributed by atoms with E-state index in [0.717, 1.165) is 47.7 Å². The zero-order valence-electron chi connectivity index (χ0n) is 25.1. The Morgan fingerprint density at radius 1 is 0.927 bits per heavy atom. The summed E-state index contributed by atoms with van der Waals surface area (Å²) in [7, 11) is 5.59. The molecule has 0 aliphatic heterocycles. The fourth-order valence-corrected chi connectivity index (χ4v) is 8.17. The Hall–Kier alpha value is -2.86. The van der Waals surface area contributed by atoms with Gasteiger partial charge in [-0.2, -0.15) is 0 Å². The van der Waals surface area contributed by atoms with Gasteiger partial charge in [0.2, 0.25) is 0 Å². The summed E-state index contributed by atoms with van der Waals surface area (Å²) in [5.41, 5.74) is 2.54. The quantitative estimate of drug-likeness (QED) is 0.238. The third-order valence-electron chi connectivity index (χ3n) is 9.43. The van der Waals surface area contributed by atoms with Crippen LogP contribution in [0.5, 0.6) is 11.5 Å². The van der Waals surface area contributed by atoms with Crippen molar-refractivity contribution in [3.8, 4) is 11.5 Å². The molecule has 4 aliphatic rings. The number of nitrogens with zero attached hydrogens (tertiary/aromatic N) is 1. The Morgan fingerprint density at radius 2 is 1.63 bits per heavy atom. The molecule has 1 unspecified atom stereocenters. The number of carbonyl (C=O) groups excluding carboxylic acids is 2. The van der Waals surface area contributed by atoms with Crippen LogP contribution in [-0.2, 0) is 27.2 Å².